The Morgan fingerprint density at radius 2 is 1.85 bits per heavy atom. The van der Waals surface area contributed by atoms with Crippen LogP contribution in [0.2, 0.25) is 0 Å². The number of rotatable bonds is 3. The van der Waals surface area contributed by atoms with Crippen molar-refractivity contribution >= 4 is 11.8 Å². The summed E-state index contributed by atoms with van der Waals surface area (Å²) in [7, 11) is 1.45. The highest BCUT2D eigenvalue weighted by atomic mass is 19.4. The molecular weight excluding hydrogens is 273 g/mol. The van der Waals surface area contributed by atoms with E-state index in [0.29, 0.717) is 0 Å². The van der Waals surface area contributed by atoms with E-state index in [1.165, 1.54) is 23.8 Å². The minimum Gasteiger partial charge on any atom is -0.341 e. The van der Waals surface area contributed by atoms with E-state index < -0.39 is 17.5 Å². The Balaban J connectivity index is 2.56. The van der Waals surface area contributed by atoms with Crippen LogP contribution >= 0.6 is 0 Å². The zero-order chi connectivity index (χ0) is 15.6. The molecule has 0 unspecified atom stereocenters. The molecule has 0 spiro atoms. The van der Waals surface area contributed by atoms with Crippen LogP contribution in [0.25, 0.3) is 0 Å². The Morgan fingerprint density at radius 1 is 1.35 bits per heavy atom. The average Bonchev–Trinajstić information content (AvgIpc) is 2.37. The van der Waals surface area contributed by atoms with Crippen molar-refractivity contribution in [3.63, 3.8) is 0 Å². The highest BCUT2D eigenvalue weighted by molar-refractivity contribution is 5.90. The molecule has 1 aliphatic heterocycles. The van der Waals surface area contributed by atoms with Crippen molar-refractivity contribution in [2.75, 3.05) is 26.7 Å². The van der Waals surface area contributed by atoms with E-state index in [0.717, 1.165) is 6.08 Å². The monoisotopic (exact) mass is 292 g/mol. The highest BCUT2D eigenvalue weighted by Crippen LogP contribution is 2.45. The van der Waals surface area contributed by atoms with Gasteiger partial charge in [0, 0.05) is 20.1 Å². The summed E-state index contributed by atoms with van der Waals surface area (Å²) < 4.78 is 38.5. The lowest BCUT2D eigenvalue weighted by Gasteiger charge is -2.40. The van der Waals surface area contributed by atoms with Gasteiger partial charge >= 0.3 is 6.18 Å². The summed E-state index contributed by atoms with van der Waals surface area (Å²) >= 11 is 0. The third-order valence-electron chi connectivity index (χ3n) is 3.83. The third kappa shape index (κ3) is 3.52. The molecule has 0 saturated carbocycles. The van der Waals surface area contributed by atoms with Crippen LogP contribution in [0.15, 0.2) is 12.7 Å². The van der Waals surface area contributed by atoms with Crippen LogP contribution in [-0.4, -0.2) is 54.5 Å². The van der Waals surface area contributed by atoms with Gasteiger partial charge < -0.3 is 9.80 Å². The maximum Gasteiger partial charge on any atom is 0.394 e. The second-order valence-corrected chi connectivity index (χ2v) is 5.34. The van der Waals surface area contributed by atoms with Crippen LogP contribution in [0.1, 0.15) is 19.8 Å². The van der Waals surface area contributed by atoms with Crippen molar-refractivity contribution < 1.29 is 22.8 Å². The van der Waals surface area contributed by atoms with Crippen molar-refractivity contribution in [1.82, 2.24) is 9.80 Å². The zero-order valence-electron chi connectivity index (χ0n) is 11.7. The molecule has 114 valence electrons. The first kappa shape index (κ1) is 16.5. The molecule has 4 nitrogen and oxygen atoms in total. The van der Waals surface area contributed by atoms with E-state index in [1.54, 1.807) is 0 Å². The fourth-order valence-electron chi connectivity index (χ4n) is 2.07. The Labute approximate surface area is 116 Å². The first-order chi connectivity index (χ1) is 9.10. The van der Waals surface area contributed by atoms with E-state index in [1.807, 2.05) is 0 Å². The second kappa shape index (κ2) is 5.85. The molecule has 20 heavy (non-hydrogen) atoms. The molecular formula is C13H19F3N2O2. The van der Waals surface area contributed by atoms with Gasteiger partial charge in [-0.05, 0) is 18.9 Å². The van der Waals surface area contributed by atoms with E-state index in [2.05, 4.69) is 6.58 Å². The number of carbonyl (C=O) groups is 2. The number of hydrogen-bond donors (Lipinski definition) is 0. The predicted molar refractivity (Wildman–Crippen MR) is 67.8 cm³/mol. The van der Waals surface area contributed by atoms with Crippen LogP contribution in [0, 0.1) is 5.41 Å². The second-order valence-electron chi connectivity index (χ2n) is 5.34. The minimum atomic E-state index is -4.25. The molecule has 0 bridgehead atoms. The number of amides is 2. The summed E-state index contributed by atoms with van der Waals surface area (Å²) in [6.45, 7) is 4.46. The normalized spacial score (nSPS) is 18.6. The molecule has 1 aliphatic rings. The molecule has 1 rings (SSSR count). The first-order valence-electron chi connectivity index (χ1n) is 6.33. The lowest BCUT2D eigenvalue weighted by atomic mass is 9.79. The predicted octanol–water partition coefficient (Wildman–Crippen LogP) is 1.82. The lowest BCUT2D eigenvalue weighted by Crippen LogP contribution is -2.50. The number of alkyl halides is 3. The molecule has 1 saturated heterocycles. The highest BCUT2D eigenvalue weighted by Gasteiger charge is 2.52. The Morgan fingerprint density at radius 3 is 2.25 bits per heavy atom. The van der Waals surface area contributed by atoms with Gasteiger partial charge in [0.25, 0.3) is 0 Å². The summed E-state index contributed by atoms with van der Waals surface area (Å²) in [4.78, 5) is 25.7. The number of nitrogens with zero attached hydrogens (tertiary/aromatic N) is 2. The summed E-state index contributed by atoms with van der Waals surface area (Å²) in [5.41, 5.74) is -1.73. The molecule has 7 heteroatoms. The van der Waals surface area contributed by atoms with E-state index >= 15 is 0 Å². The number of piperidine rings is 1. The summed E-state index contributed by atoms with van der Waals surface area (Å²) in [5.74, 6) is -0.734. The molecule has 0 aromatic carbocycles. The Kier molecular flexibility index (Phi) is 4.83. The average molecular weight is 292 g/mol. The van der Waals surface area contributed by atoms with Gasteiger partial charge in [0.1, 0.15) is 0 Å². The number of carbonyl (C=O) groups excluding carboxylic acids is 2. The maximum atomic E-state index is 12.8. The SMILES string of the molecule is C=CC(=O)N(C)CC(=O)N1CCC(C)(C(F)(F)F)CC1. The minimum absolute atomic E-state index is 0.0605. The van der Waals surface area contributed by atoms with Gasteiger partial charge in [-0.25, -0.2) is 0 Å². The van der Waals surface area contributed by atoms with Gasteiger partial charge in [-0.3, -0.25) is 9.59 Å². The lowest BCUT2D eigenvalue weighted by molar-refractivity contribution is -0.230. The fourth-order valence-corrected chi connectivity index (χ4v) is 2.07. The molecule has 0 aromatic rings. The molecule has 1 fully saturated rings. The summed E-state index contributed by atoms with van der Waals surface area (Å²) in [5, 5.41) is 0. The number of hydrogen-bond acceptors (Lipinski definition) is 2. The van der Waals surface area contributed by atoms with Gasteiger partial charge in [0.15, 0.2) is 0 Å². The van der Waals surface area contributed by atoms with Crippen molar-refractivity contribution in [2.45, 2.75) is 25.9 Å². The van der Waals surface area contributed by atoms with Gasteiger partial charge in [0.05, 0.1) is 12.0 Å². The summed E-state index contributed by atoms with van der Waals surface area (Å²) in [6, 6.07) is 0. The molecule has 1 heterocycles. The topological polar surface area (TPSA) is 40.6 Å². The van der Waals surface area contributed by atoms with Gasteiger partial charge in [-0.15, -0.1) is 0 Å². The van der Waals surface area contributed by atoms with Crippen LogP contribution in [-0.2, 0) is 9.59 Å². The van der Waals surface area contributed by atoms with Crippen LogP contribution in [0.4, 0.5) is 13.2 Å². The largest absolute Gasteiger partial charge is 0.394 e. The smallest absolute Gasteiger partial charge is 0.341 e. The van der Waals surface area contributed by atoms with Crippen molar-refractivity contribution in [1.29, 1.82) is 0 Å². The van der Waals surface area contributed by atoms with Crippen molar-refractivity contribution in [2.24, 2.45) is 5.41 Å². The third-order valence-corrected chi connectivity index (χ3v) is 3.83. The number of halogens is 3. The molecule has 0 atom stereocenters. The zero-order valence-corrected chi connectivity index (χ0v) is 11.7. The molecule has 0 radical (unpaired) electrons. The fraction of sp³-hybridized carbons (Fsp3) is 0.692. The quantitative estimate of drug-likeness (QED) is 0.745. The first-order valence-corrected chi connectivity index (χ1v) is 6.33. The van der Waals surface area contributed by atoms with Crippen molar-refractivity contribution in [3.05, 3.63) is 12.7 Å². The van der Waals surface area contributed by atoms with Crippen LogP contribution in [0.5, 0.6) is 0 Å². The maximum absolute atomic E-state index is 12.8. The molecule has 0 aromatic heterocycles. The standard InChI is InChI=1S/C13H19F3N2O2/c1-4-10(19)17(3)9-11(20)18-7-5-12(2,6-8-18)13(14,15)16/h4H,1,5-9H2,2-3H3. The van der Waals surface area contributed by atoms with Gasteiger partial charge in [-0.1, -0.05) is 13.5 Å². The van der Waals surface area contributed by atoms with Gasteiger partial charge in [-0.2, -0.15) is 13.2 Å². The molecule has 0 N–H and O–H groups in total. The van der Waals surface area contributed by atoms with Crippen LogP contribution in [0.3, 0.4) is 0 Å². The number of likely N-dealkylation sites (tertiary alicyclic amines) is 1. The number of likely N-dealkylation sites (N-methyl/N-ethyl adjacent to an activating group) is 1. The summed E-state index contributed by atoms with van der Waals surface area (Å²) in [6.07, 6.45) is -3.38. The van der Waals surface area contributed by atoms with Crippen molar-refractivity contribution in [3.8, 4) is 0 Å². The van der Waals surface area contributed by atoms with E-state index in [-0.39, 0.29) is 38.4 Å². The van der Waals surface area contributed by atoms with E-state index in [4.69, 9.17) is 0 Å². The Bertz CT molecular complexity index is 399. The van der Waals surface area contributed by atoms with E-state index in [9.17, 15) is 22.8 Å². The molecule has 2 amide bonds. The van der Waals surface area contributed by atoms with Crippen LogP contribution < -0.4 is 0 Å². The van der Waals surface area contributed by atoms with Gasteiger partial charge in [0.2, 0.25) is 11.8 Å². The molecule has 0 aliphatic carbocycles. The Hall–Kier alpha value is -1.53.